The smallest absolute Gasteiger partial charge is 0.184 e. The molecule has 2 nitrogen and oxygen atoms in total. The lowest BCUT2D eigenvalue weighted by molar-refractivity contribution is -0.0652. The van der Waals surface area contributed by atoms with Crippen molar-refractivity contribution in [1.29, 1.82) is 0 Å². The molecule has 1 aromatic carbocycles. The van der Waals surface area contributed by atoms with Gasteiger partial charge in [-0.15, -0.1) is 0 Å². The zero-order chi connectivity index (χ0) is 9.26. The van der Waals surface area contributed by atoms with E-state index in [1.165, 1.54) is 0 Å². The minimum absolute atomic E-state index is 0.175. The maximum absolute atomic E-state index is 5.64. The van der Waals surface area contributed by atoms with E-state index in [-0.39, 0.29) is 18.5 Å². The molecule has 0 amide bonds. The highest BCUT2D eigenvalue weighted by Crippen LogP contribution is 2.30. The highest BCUT2D eigenvalue weighted by molar-refractivity contribution is 5.16. The van der Waals surface area contributed by atoms with Gasteiger partial charge in [0.1, 0.15) is 0 Å². The fourth-order valence-corrected chi connectivity index (χ4v) is 1.41. The van der Waals surface area contributed by atoms with Crippen LogP contribution in [0.4, 0.5) is 0 Å². The molecule has 0 aromatic heterocycles. The number of ether oxygens (including phenoxy) is 2. The summed E-state index contributed by atoms with van der Waals surface area (Å²) in [5.41, 5.74) is 1.10. The second-order valence-corrected chi connectivity index (χ2v) is 3.43. The van der Waals surface area contributed by atoms with Crippen LogP contribution in [0.5, 0.6) is 0 Å². The molecule has 2 heteroatoms. The maximum atomic E-state index is 5.64. The van der Waals surface area contributed by atoms with E-state index in [0.717, 1.165) is 5.56 Å². The average Bonchev–Trinajstić information content (AvgIpc) is 2.49. The lowest BCUT2D eigenvalue weighted by Crippen LogP contribution is -2.13. The van der Waals surface area contributed by atoms with Crippen LogP contribution in [0.1, 0.15) is 25.7 Å². The van der Waals surface area contributed by atoms with Gasteiger partial charge in [-0.05, 0) is 13.8 Å². The molecule has 1 aliphatic rings. The molecule has 0 aliphatic carbocycles. The third-order valence-corrected chi connectivity index (χ3v) is 2.41. The number of hydrogen-bond acceptors (Lipinski definition) is 2. The van der Waals surface area contributed by atoms with Gasteiger partial charge < -0.3 is 9.47 Å². The number of benzene rings is 1. The first-order chi connectivity index (χ1) is 6.27. The number of hydrogen-bond donors (Lipinski definition) is 0. The van der Waals surface area contributed by atoms with Gasteiger partial charge >= 0.3 is 0 Å². The first kappa shape index (κ1) is 8.73. The molecule has 70 valence electrons. The molecular formula is C11H14O2. The van der Waals surface area contributed by atoms with Crippen LogP contribution >= 0.6 is 0 Å². The molecule has 0 N–H and O–H groups in total. The Kier molecular flexibility index (Phi) is 2.34. The average molecular weight is 178 g/mol. The van der Waals surface area contributed by atoms with Gasteiger partial charge in [0.2, 0.25) is 0 Å². The van der Waals surface area contributed by atoms with Crippen molar-refractivity contribution in [3.63, 3.8) is 0 Å². The van der Waals surface area contributed by atoms with Gasteiger partial charge in [0.15, 0.2) is 6.29 Å². The van der Waals surface area contributed by atoms with E-state index in [1.54, 1.807) is 0 Å². The number of rotatable bonds is 1. The van der Waals surface area contributed by atoms with Crippen molar-refractivity contribution in [2.45, 2.75) is 32.3 Å². The SMILES string of the molecule is CC1OC(c2ccccc2)OC1C. The molecule has 2 atom stereocenters. The molecule has 0 saturated carbocycles. The second-order valence-electron chi connectivity index (χ2n) is 3.43. The summed E-state index contributed by atoms with van der Waals surface area (Å²) in [5.74, 6) is 0. The van der Waals surface area contributed by atoms with Gasteiger partial charge in [-0.3, -0.25) is 0 Å². The van der Waals surface area contributed by atoms with E-state index in [0.29, 0.717) is 0 Å². The van der Waals surface area contributed by atoms with Crippen LogP contribution in [-0.4, -0.2) is 12.2 Å². The molecule has 1 heterocycles. The summed E-state index contributed by atoms with van der Waals surface area (Å²) in [6, 6.07) is 10.0. The van der Waals surface area contributed by atoms with Gasteiger partial charge in [-0.25, -0.2) is 0 Å². The highest BCUT2D eigenvalue weighted by Gasteiger charge is 2.30. The van der Waals surface area contributed by atoms with Crippen molar-refractivity contribution in [2.24, 2.45) is 0 Å². The Morgan fingerprint density at radius 1 is 0.923 bits per heavy atom. The monoisotopic (exact) mass is 178 g/mol. The first-order valence-electron chi connectivity index (χ1n) is 4.63. The zero-order valence-electron chi connectivity index (χ0n) is 7.94. The van der Waals surface area contributed by atoms with Crippen LogP contribution in [0, 0.1) is 0 Å². The van der Waals surface area contributed by atoms with E-state index in [1.807, 2.05) is 44.2 Å². The minimum atomic E-state index is -0.175. The Balaban J connectivity index is 2.12. The predicted octanol–water partition coefficient (Wildman–Crippen LogP) is 2.51. The largest absolute Gasteiger partial charge is 0.343 e. The van der Waals surface area contributed by atoms with E-state index in [4.69, 9.17) is 9.47 Å². The van der Waals surface area contributed by atoms with Crippen molar-refractivity contribution >= 4 is 0 Å². The fraction of sp³-hybridized carbons (Fsp3) is 0.455. The molecule has 1 aliphatic heterocycles. The van der Waals surface area contributed by atoms with Crippen molar-refractivity contribution in [1.82, 2.24) is 0 Å². The van der Waals surface area contributed by atoms with Gasteiger partial charge in [0.05, 0.1) is 12.2 Å². The molecular weight excluding hydrogens is 164 g/mol. The normalized spacial score (nSPS) is 33.5. The minimum Gasteiger partial charge on any atom is -0.343 e. The van der Waals surface area contributed by atoms with Gasteiger partial charge in [0.25, 0.3) is 0 Å². The van der Waals surface area contributed by atoms with Gasteiger partial charge in [-0.1, -0.05) is 30.3 Å². The van der Waals surface area contributed by atoms with Crippen molar-refractivity contribution in [3.05, 3.63) is 35.9 Å². The molecule has 1 aromatic rings. The Labute approximate surface area is 78.5 Å². The molecule has 0 spiro atoms. The summed E-state index contributed by atoms with van der Waals surface area (Å²) < 4.78 is 11.3. The van der Waals surface area contributed by atoms with Gasteiger partial charge in [-0.2, -0.15) is 0 Å². The lowest BCUT2D eigenvalue weighted by Gasteiger charge is -2.09. The Bertz CT molecular complexity index is 261. The predicted molar refractivity (Wildman–Crippen MR) is 50.3 cm³/mol. The standard InChI is InChI=1S/C11H14O2/c1-8-9(2)13-11(12-8)10-6-4-3-5-7-10/h3-9,11H,1-2H3. The van der Waals surface area contributed by atoms with E-state index >= 15 is 0 Å². The molecule has 0 bridgehead atoms. The van der Waals surface area contributed by atoms with E-state index < -0.39 is 0 Å². The van der Waals surface area contributed by atoms with Crippen LogP contribution < -0.4 is 0 Å². The van der Waals surface area contributed by atoms with Crippen molar-refractivity contribution in [2.75, 3.05) is 0 Å². The molecule has 0 radical (unpaired) electrons. The van der Waals surface area contributed by atoms with E-state index in [9.17, 15) is 0 Å². The lowest BCUT2D eigenvalue weighted by atomic mass is 10.2. The highest BCUT2D eigenvalue weighted by atomic mass is 16.7. The molecule has 1 saturated heterocycles. The summed E-state index contributed by atoms with van der Waals surface area (Å²) >= 11 is 0. The fourth-order valence-electron chi connectivity index (χ4n) is 1.41. The van der Waals surface area contributed by atoms with E-state index in [2.05, 4.69) is 0 Å². The topological polar surface area (TPSA) is 18.5 Å². The molecule has 2 rings (SSSR count). The van der Waals surface area contributed by atoms with Crippen LogP contribution in [-0.2, 0) is 9.47 Å². The van der Waals surface area contributed by atoms with Crippen LogP contribution in [0.2, 0.25) is 0 Å². The second kappa shape index (κ2) is 3.48. The van der Waals surface area contributed by atoms with Crippen molar-refractivity contribution in [3.8, 4) is 0 Å². The van der Waals surface area contributed by atoms with Gasteiger partial charge in [0, 0.05) is 5.56 Å². The third kappa shape index (κ3) is 1.74. The summed E-state index contributed by atoms with van der Waals surface area (Å²) in [7, 11) is 0. The van der Waals surface area contributed by atoms with Crippen LogP contribution in [0.15, 0.2) is 30.3 Å². The summed E-state index contributed by atoms with van der Waals surface area (Å²) in [5, 5.41) is 0. The van der Waals surface area contributed by atoms with Crippen LogP contribution in [0.3, 0.4) is 0 Å². The van der Waals surface area contributed by atoms with Crippen molar-refractivity contribution < 1.29 is 9.47 Å². The zero-order valence-corrected chi connectivity index (χ0v) is 7.94. The quantitative estimate of drug-likeness (QED) is 0.657. The molecule has 2 unspecified atom stereocenters. The Hall–Kier alpha value is -0.860. The summed E-state index contributed by atoms with van der Waals surface area (Å²) in [6.07, 6.45) is 0.196. The molecule has 1 fully saturated rings. The summed E-state index contributed by atoms with van der Waals surface area (Å²) in [6.45, 7) is 4.07. The Morgan fingerprint density at radius 3 is 2.00 bits per heavy atom. The Morgan fingerprint density at radius 2 is 1.46 bits per heavy atom. The summed E-state index contributed by atoms with van der Waals surface area (Å²) in [4.78, 5) is 0. The maximum Gasteiger partial charge on any atom is 0.184 e. The molecule has 13 heavy (non-hydrogen) atoms. The van der Waals surface area contributed by atoms with Crippen LogP contribution in [0.25, 0.3) is 0 Å². The first-order valence-corrected chi connectivity index (χ1v) is 4.63. The third-order valence-electron chi connectivity index (χ3n) is 2.41.